The van der Waals surface area contributed by atoms with Gasteiger partial charge in [0.1, 0.15) is 5.58 Å². The molecule has 0 aliphatic carbocycles. The SMILES string of the molecule is CN(Cc1ccc(C#N)cc1)C(=O)Cc1coc2ccc3ccccc3c12. The number of likely N-dealkylation sites (N-methyl/N-ethyl adjacent to an activating group) is 1. The summed E-state index contributed by atoms with van der Waals surface area (Å²) in [6, 6.07) is 21.5. The Labute approximate surface area is 157 Å². The first-order valence-corrected chi connectivity index (χ1v) is 8.76. The molecule has 1 heterocycles. The van der Waals surface area contributed by atoms with E-state index in [-0.39, 0.29) is 12.3 Å². The average Bonchev–Trinajstić information content (AvgIpc) is 3.12. The Morgan fingerprint density at radius 2 is 1.85 bits per heavy atom. The number of rotatable bonds is 4. The highest BCUT2D eigenvalue weighted by Gasteiger charge is 2.16. The maximum atomic E-state index is 12.7. The van der Waals surface area contributed by atoms with E-state index < -0.39 is 0 Å². The summed E-state index contributed by atoms with van der Waals surface area (Å²) in [7, 11) is 1.79. The minimum atomic E-state index is 0.0231. The van der Waals surface area contributed by atoms with Gasteiger partial charge in [-0.15, -0.1) is 0 Å². The molecule has 27 heavy (non-hydrogen) atoms. The average molecular weight is 354 g/mol. The zero-order valence-electron chi connectivity index (χ0n) is 15.0. The van der Waals surface area contributed by atoms with Crippen LogP contribution in [0.15, 0.2) is 71.3 Å². The number of hydrogen-bond acceptors (Lipinski definition) is 3. The normalized spacial score (nSPS) is 10.8. The van der Waals surface area contributed by atoms with Gasteiger partial charge in [0.25, 0.3) is 0 Å². The number of carbonyl (C=O) groups is 1. The number of hydrogen-bond donors (Lipinski definition) is 0. The first-order chi connectivity index (χ1) is 13.2. The monoisotopic (exact) mass is 354 g/mol. The van der Waals surface area contributed by atoms with E-state index in [0.717, 1.165) is 32.9 Å². The molecule has 4 aromatic rings. The van der Waals surface area contributed by atoms with E-state index in [2.05, 4.69) is 18.2 Å². The largest absolute Gasteiger partial charge is 0.464 e. The summed E-state index contributed by atoms with van der Waals surface area (Å²) in [6.45, 7) is 0.501. The van der Waals surface area contributed by atoms with Crippen LogP contribution in [0.4, 0.5) is 0 Å². The zero-order chi connectivity index (χ0) is 18.8. The maximum Gasteiger partial charge on any atom is 0.227 e. The van der Waals surface area contributed by atoms with Crippen LogP contribution in [0.5, 0.6) is 0 Å². The van der Waals surface area contributed by atoms with Crippen molar-refractivity contribution in [1.82, 2.24) is 4.90 Å². The number of benzene rings is 3. The second-order valence-corrected chi connectivity index (χ2v) is 6.66. The van der Waals surface area contributed by atoms with E-state index in [9.17, 15) is 4.79 Å². The first kappa shape index (κ1) is 16.9. The molecule has 132 valence electrons. The molecule has 0 aliphatic rings. The highest BCUT2D eigenvalue weighted by Crippen LogP contribution is 2.30. The minimum Gasteiger partial charge on any atom is -0.464 e. The summed E-state index contributed by atoms with van der Waals surface area (Å²) in [5, 5.41) is 12.1. The Kier molecular flexibility index (Phi) is 4.35. The first-order valence-electron chi connectivity index (χ1n) is 8.76. The summed E-state index contributed by atoms with van der Waals surface area (Å²) < 4.78 is 5.68. The third-order valence-electron chi connectivity index (χ3n) is 4.81. The third kappa shape index (κ3) is 3.28. The molecule has 0 radical (unpaired) electrons. The molecule has 0 saturated heterocycles. The van der Waals surface area contributed by atoms with Gasteiger partial charge in [0, 0.05) is 24.5 Å². The van der Waals surface area contributed by atoms with Crippen LogP contribution in [0.3, 0.4) is 0 Å². The van der Waals surface area contributed by atoms with Gasteiger partial charge >= 0.3 is 0 Å². The van der Waals surface area contributed by atoms with E-state index in [4.69, 9.17) is 9.68 Å². The van der Waals surface area contributed by atoms with Crippen LogP contribution in [-0.4, -0.2) is 17.9 Å². The predicted molar refractivity (Wildman–Crippen MR) is 105 cm³/mol. The van der Waals surface area contributed by atoms with Gasteiger partial charge in [-0.1, -0.05) is 42.5 Å². The highest BCUT2D eigenvalue weighted by molar-refractivity contribution is 6.08. The van der Waals surface area contributed by atoms with Gasteiger partial charge in [0.2, 0.25) is 5.91 Å². The van der Waals surface area contributed by atoms with Crippen LogP contribution in [0.25, 0.3) is 21.7 Å². The van der Waals surface area contributed by atoms with E-state index in [1.54, 1.807) is 30.3 Å². The van der Waals surface area contributed by atoms with E-state index in [1.165, 1.54) is 0 Å². The summed E-state index contributed by atoms with van der Waals surface area (Å²) >= 11 is 0. The van der Waals surface area contributed by atoms with E-state index in [0.29, 0.717) is 12.1 Å². The lowest BCUT2D eigenvalue weighted by molar-refractivity contribution is -0.129. The third-order valence-corrected chi connectivity index (χ3v) is 4.81. The topological polar surface area (TPSA) is 57.2 Å². The molecular weight excluding hydrogens is 336 g/mol. The van der Waals surface area contributed by atoms with Crippen LogP contribution in [0, 0.1) is 11.3 Å². The molecule has 0 unspecified atom stereocenters. The number of nitrogens with zero attached hydrogens (tertiary/aromatic N) is 2. The molecule has 4 nitrogen and oxygen atoms in total. The minimum absolute atomic E-state index is 0.0231. The Balaban J connectivity index is 1.57. The van der Waals surface area contributed by atoms with Gasteiger partial charge in [-0.3, -0.25) is 4.79 Å². The van der Waals surface area contributed by atoms with Crippen molar-refractivity contribution in [3.8, 4) is 6.07 Å². The standard InChI is InChI=1S/C23H18N2O2/c1-25(14-17-8-6-16(13-24)7-9-17)22(26)12-19-15-27-21-11-10-18-4-2-3-5-20(18)23(19)21/h2-11,15H,12,14H2,1H3. The fourth-order valence-corrected chi connectivity index (χ4v) is 3.35. The zero-order valence-corrected chi connectivity index (χ0v) is 15.0. The van der Waals surface area contributed by atoms with Crippen LogP contribution in [0.2, 0.25) is 0 Å². The molecule has 0 spiro atoms. The van der Waals surface area contributed by atoms with Crippen molar-refractivity contribution in [3.05, 3.63) is 83.6 Å². The van der Waals surface area contributed by atoms with Crippen molar-refractivity contribution >= 4 is 27.6 Å². The van der Waals surface area contributed by atoms with Gasteiger partial charge < -0.3 is 9.32 Å². The van der Waals surface area contributed by atoms with E-state index in [1.807, 2.05) is 36.4 Å². The smallest absolute Gasteiger partial charge is 0.227 e. The lowest BCUT2D eigenvalue weighted by atomic mass is 10.0. The number of furan rings is 1. The van der Waals surface area contributed by atoms with Gasteiger partial charge in [-0.05, 0) is 34.5 Å². The van der Waals surface area contributed by atoms with Gasteiger partial charge in [0.15, 0.2) is 0 Å². The van der Waals surface area contributed by atoms with Gasteiger partial charge in [0.05, 0.1) is 24.3 Å². The number of fused-ring (bicyclic) bond motifs is 3. The van der Waals surface area contributed by atoms with Crippen LogP contribution in [0.1, 0.15) is 16.7 Å². The number of carbonyl (C=O) groups excluding carboxylic acids is 1. The molecule has 0 saturated carbocycles. The second kappa shape index (κ2) is 6.97. The van der Waals surface area contributed by atoms with Crippen LogP contribution < -0.4 is 0 Å². The summed E-state index contributed by atoms with van der Waals surface area (Å²) in [5.74, 6) is 0.0231. The predicted octanol–water partition coefficient (Wildman–Crippen LogP) is 4.66. The molecule has 0 fully saturated rings. The number of nitriles is 1. The molecule has 0 aliphatic heterocycles. The van der Waals surface area contributed by atoms with Gasteiger partial charge in [-0.25, -0.2) is 0 Å². The molecule has 0 atom stereocenters. The molecule has 3 aromatic carbocycles. The summed E-state index contributed by atoms with van der Waals surface area (Å²) in [5.41, 5.74) is 3.31. The fraction of sp³-hybridized carbons (Fsp3) is 0.130. The molecular formula is C23H18N2O2. The summed E-state index contributed by atoms with van der Waals surface area (Å²) in [4.78, 5) is 14.4. The van der Waals surface area contributed by atoms with Crippen molar-refractivity contribution in [2.24, 2.45) is 0 Å². The van der Waals surface area contributed by atoms with Crippen molar-refractivity contribution < 1.29 is 9.21 Å². The molecule has 4 heteroatoms. The Hall–Kier alpha value is -3.58. The van der Waals surface area contributed by atoms with Gasteiger partial charge in [-0.2, -0.15) is 5.26 Å². The maximum absolute atomic E-state index is 12.7. The van der Waals surface area contributed by atoms with E-state index >= 15 is 0 Å². The highest BCUT2D eigenvalue weighted by atomic mass is 16.3. The lowest BCUT2D eigenvalue weighted by Gasteiger charge is -2.17. The molecule has 0 N–H and O–H groups in total. The Morgan fingerprint density at radius 3 is 2.63 bits per heavy atom. The number of amides is 1. The van der Waals surface area contributed by atoms with Crippen molar-refractivity contribution in [2.45, 2.75) is 13.0 Å². The van der Waals surface area contributed by atoms with Crippen molar-refractivity contribution in [2.75, 3.05) is 7.05 Å². The second-order valence-electron chi connectivity index (χ2n) is 6.66. The Morgan fingerprint density at radius 1 is 1.07 bits per heavy atom. The molecule has 0 bridgehead atoms. The summed E-state index contributed by atoms with van der Waals surface area (Å²) in [6.07, 6.45) is 1.97. The van der Waals surface area contributed by atoms with Crippen LogP contribution in [-0.2, 0) is 17.8 Å². The molecule has 1 aromatic heterocycles. The lowest BCUT2D eigenvalue weighted by Crippen LogP contribution is -2.27. The Bertz CT molecular complexity index is 1170. The van der Waals surface area contributed by atoms with Crippen molar-refractivity contribution in [3.63, 3.8) is 0 Å². The quantitative estimate of drug-likeness (QED) is 0.536. The van der Waals surface area contributed by atoms with Crippen molar-refractivity contribution in [1.29, 1.82) is 5.26 Å². The molecule has 1 amide bonds. The van der Waals surface area contributed by atoms with Crippen LogP contribution >= 0.6 is 0 Å². The fourth-order valence-electron chi connectivity index (χ4n) is 3.35. The molecule has 4 rings (SSSR count).